The van der Waals surface area contributed by atoms with Gasteiger partial charge in [-0.1, -0.05) is 25.0 Å². The zero-order valence-corrected chi connectivity index (χ0v) is 19.0. The van der Waals surface area contributed by atoms with E-state index in [0.29, 0.717) is 5.92 Å². The van der Waals surface area contributed by atoms with Crippen molar-refractivity contribution in [3.8, 4) is 5.75 Å². The molecule has 0 spiro atoms. The molecule has 1 amide bonds. The molecule has 1 aliphatic carbocycles. The zero-order valence-electron chi connectivity index (χ0n) is 19.0. The van der Waals surface area contributed by atoms with E-state index in [0.717, 1.165) is 75.2 Å². The highest BCUT2D eigenvalue weighted by Crippen LogP contribution is 2.33. The van der Waals surface area contributed by atoms with Gasteiger partial charge in [-0.2, -0.15) is 0 Å². The summed E-state index contributed by atoms with van der Waals surface area (Å²) in [6.07, 6.45) is 8.21. The highest BCUT2D eigenvalue weighted by Gasteiger charge is 2.32. The third-order valence-corrected chi connectivity index (χ3v) is 7.06. The van der Waals surface area contributed by atoms with Crippen LogP contribution < -0.4 is 10.1 Å². The van der Waals surface area contributed by atoms with Gasteiger partial charge in [0.15, 0.2) is 0 Å². The Bertz CT molecular complexity index is 875. The molecule has 1 atom stereocenters. The van der Waals surface area contributed by atoms with Crippen LogP contribution >= 0.6 is 0 Å². The third kappa shape index (κ3) is 5.48. The minimum atomic E-state index is -0.0223. The van der Waals surface area contributed by atoms with Gasteiger partial charge in [0.1, 0.15) is 5.75 Å². The number of hydrogen-bond acceptors (Lipinski definition) is 5. The summed E-state index contributed by atoms with van der Waals surface area (Å²) in [7, 11) is 1.63. The number of nitrogens with zero attached hydrogens (tertiary/aromatic N) is 2. The minimum absolute atomic E-state index is 0.0200. The molecule has 2 heterocycles. The van der Waals surface area contributed by atoms with Gasteiger partial charge in [0.25, 0.3) is 0 Å². The Hall–Kier alpha value is -2.44. The standard InChI is InChI=1S/C26H35N3O3/c1-32-24-10-9-19(16-22(24)18-30)17-29-14-11-20(12-15-29)25(23-8-4-5-13-27-23)28-26(31)21-6-2-3-7-21/h4-5,8-10,13,16,20-21,25,30H,2-3,6-7,11-12,14-15,17-18H2,1H3,(H,28,31). The van der Waals surface area contributed by atoms with Crippen LogP contribution in [0.3, 0.4) is 0 Å². The van der Waals surface area contributed by atoms with Crippen molar-refractivity contribution in [1.29, 1.82) is 0 Å². The van der Waals surface area contributed by atoms with E-state index in [1.807, 2.05) is 36.5 Å². The van der Waals surface area contributed by atoms with Gasteiger partial charge in [-0.05, 0) is 74.5 Å². The van der Waals surface area contributed by atoms with Crippen LogP contribution in [0.5, 0.6) is 5.75 Å². The maximum absolute atomic E-state index is 12.9. The van der Waals surface area contributed by atoms with Crippen molar-refractivity contribution in [2.45, 2.75) is 57.7 Å². The Morgan fingerprint density at radius 3 is 2.62 bits per heavy atom. The number of hydrogen-bond donors (Lipinski definition) is 2. The Balaban J connectivity index is 1.39. The molecule has 1 saturated heterocycles. The van der Waals surface area contributed by atoms with E-state index < -0.39 is 0 Å². The second-order valence-corrected chi connectivity index (χ2v) is 9.14. The maximum atomic E-state index is 12.9. The van der Waals surface area contributed by atoms with Crippen molar-refractivity contribution in [3.05, 3.63) is 59.4 Å². The SMILES string of the molecule is COc1ccc(CN2CCC(C(NC(=O)C3CCCC3)c3ccccn3)CC2)cc1CO. The molecule has 2 N–H and O–H groups in total. The van der Waals surface area contributed by atoms with E-state index >= 15 is 0 Å². The minimum Gasteiger partial charge on any atom is -0.496 e. The summed E-state index contributed by atoms with van der Waals surface area (Å²) in [6, 6.07) is 12.0. The molecule has 1 aromatic heterocycles. The number of nitrogens with one attached hydrogen (secondary N) is 1. The number of amides is 1. The fourth-order valence-electron chi connectivity index (χ4n) is 5.21. The topological polar surface area (TPSA) is 74.7 Å². The molecule has 2 fully saturated rings. The molecule has 1 saturated carbocycles. The molecule has 32 heavy (non-hydrogen) atoms. The van der Waals surface area contributed by atoms with Gasteiger partial charge in [-0.15, -0.1) is 0 Å². The molecular weight excluding hydrogens is 402 g/mol. The molecule has 0 bridgehead atoms. The summed E-state index contributed by atoms with van der Waals surface area (Å²) in [5.74, 6) is 1.48. The zero-order chi connectivity index (χ0) is 22.3. The number of aromatic nitrogens is 1. The number of pyridine rings is 1. The van der Waals surface area contributed by atoms with Gasteiger partial charge >= 0.3 is 0 Å². The molecule has 2 aliphatic rings. The molecule has 6 nitrogen and oxygen atoms in total. The van der Waals surface area contributed by atoms with Gasteiger partial charge in [0.2, 0.25) is 5.91 Å². The van der Waals surface area contributed by atoms with Crippen molar-refractivity contribution in [2.75, 3.05) is 20.2 Å². The average molecular weight is 438 g/mol. The van der Waals surface area contributed by atoms with Gasteiger partial charge in [-0.25, -0.2) is 0 Å². The number of piperidine rings is 1. The number of methoxy groups -OCH3 is 1. The molecule has 172 valence electrons. The smallest absolute Gasteiger partial charge is 0.223 e. The van der Waals surface area contributed by atoms with Gasteiger partial charge in [0.05, 0.1) is 25.5 Å². The fourth-order valence-corrected chi connectivity index (χ4v) is 5.21. The van der Waals surface area contributed by atoms with E-state index in [2.05, 4.69) is 21.3 Å². The molecule has 1 aliphatic heterocycles. The van der Waals surface area contributed by atoms with Crippen molar-refractivity contribution in [1.82, 2.24) is 15.2 Å². The Morgan fingerprint density at radius 2 is 1.97 bits per heavy atom. The number of rotatable bonds is 8. The summed E-state index contributed by atoms with van der Waals surface area (Å²) in [5.41, 5.74) is 2.98. The Morgan fingerprint density at radius 1 is 1.19 bits per heavy atom. The van der Waals surface area contributed by atoms with Crippen molar-refractivity contribution in [2.24, 2.45) is 11.8 Å². The number of aliphatic hydroxyl groups is 1. The van der Waals surface area contributed by atoms with Crippen LogP contribution in [0.4, 0.5) is 0 Å². The number of ether oxygens (including phenoxy) is 1. The van der Waals surface area contributed by atoms with E-state index in [1.165, 1.54) is 5.56 Å². The monoisotopic (exact) mass is 437 g/mol. The highest BCUT2D eigenvalue weighted by atomic mass is 16.5. The predicted octanol–water partition coefficient (Wildman–Crippen LogP) is 3.84. The van der Waals surface area contributed by atoms with Crippen molar-refractivity contribution in [3.63, 3.8) is 0 Å². The van der Waals surface area contributed by atoms with Crippen LogP contribution in [0.15, 0.2) is 42.6 Å². The van der Waals surface area contributed by atoms with Gasteiger partial charge in [-0.3, -0.25) is 14.7 Å². The molecule has 0 radical (unpaired) electrons. The van der Waals surface area contributed by atoms with Crippen LogP contribution in [-0.4, -0.2) is 41.1 Å². The van der Waals surface area contributed by atoms with E-state index in [4.69, 9.17) is 4.74 Å². The summed E-state index contributed by atoms with van der Waals surface area (Å²) < 4.78 is 5.32. The number of likely N-dealkylation sites (tertiary alicyclic amines) is 1. The first-order valence-corrected chi connectivity index (χ1v) is 11.9. The first kappa shape index (κ1) is 22.7. The quantitative estimate of drug-likeness (QED) is 0.656. The molecular formula is C26H35N3O3. The van der Waals surface area contributed by atoms with Crippen LogP contribution in [0.1, 0.15) is 61.4 Å². The van der Waals surface area contributed by atoms with Crippen molar-refractivity contribution < 1.29 is 14.6 Å². The number of benzene rings is 1. The second-order valence-electron chi connectivity index (χ2n) is 9.14. The van der Waals surface area contributed by atoms with E-state index in [9.17, 15) is 9.90 Å². The molecule has 1 aromatic carbocycles. The van der Waals surface area contributed by atoms with Crippen LogP contribution in [0.2, 0.25) is 0 Å². The van der Waals surface area contributed by atoms with Gasteiger partial charge in [0, 0.05) is 24.2 Å². The van der Waals surface area contributed by atoms with Crippen molar-refractivity contribution >= 4 is 5.91 Å². The van der Waals surface area contributed by atoms with E-state index in [1.54, 1.807) is 7.11 Å². The molecule has 1 unspecified atom stereocenters. The van der Waals surface area contributed by atoms with Gasteiger partial charge < -0.3 is 15.2 Å². The molecule has 4 rings (SSSR count). The first-order chi connectivity index (χ1) is 15.7. The summed E-state index contributed by atoms with van der Waals surface area (Å²) in [6.45, 7) is 2.79. The van der Waals surface area contributed by atoms with E-state index in [-0.39, 0.29) is 24.5 Å². The highest BCUT2D eigenvalue weighted by molar-refractivity contribution is 5.79. The normalized spacial score (nSPS) is 19.1. The largest absolute Gasteiger partial charge is 0.496 e. The van der Waals surface area contributed by atoms with Crippen LogP contribution in [-0.2, 0) is 17.9 Å². The predicted molar refractivity (Wildman–Crippen MR) is 124 cm³/mol. The van der Waals surface area contributed by atoms with Crippen LogP contribution in [0.25, 0.3) is 0 Å². The number of carbonyl (C=O) groups is 1. The fraction of sp³-hybridized carbons (Fsp3) is 0.538. The summed E-state index contributed by atoms with van der Waals surface area (Å²) >= 11 is 0. The lowest BCUT2D eigenvalue weighted by molar-refractivity contribution is -0.126. The Labute approximate surface area is 191 Å². The molecule has 2 aromatic rings. The first-order valence-electron chi connectivity index (χ1n) is 11.9. The lowest BCUT2D eigenvalue weighted by atomic mass is 9.86. The summed E-state index contributed by atoms with van der Waals surface area (Å²) in [5, 5.41) is 13.0. The Kier molecular flexibility index (Phi) is 7.76. The third-order valence-electron chi connectivity index (χ3n) is 7.06. The lowest BCUT2D eigenvalue weighted by Gasteiger charge is -2.36. The van der Waals surface area contributed by atoms with Crippen LogP contribution in [0, 0.1) is 11.8 Å². The average Bonchev–Trinajstić information content (AvgIpc) is 3.39. The maximum Gasteiger partial charge on any atom is 0.223 e. The molecule has 6 heteroatoms. The lowest BCUT2D eigenvalue weighted by Crippen LogP contribution is -2.42. The second kappa shape index (κ2) is 10.9. The summed E-state index contributed by atoms with van der Waals surface area (Å²) in [4.78, 5) is 20.0. The number of aliphatic hydroxyl groups excluding tert-OH is 1. The number of carbonyl (C=O) groups excluding carboxylic acids is 1.